The molecule has 3 aromatic rings. The molecule has 0 spiro atoms. The molecule has 4 N–H and O–H groups in total. The van der Waals surface area contributed by atoms with Crippen molar-refractivity contribution in [3.63, 3.8) is 0 Å². The number of anilines is 1. The highest BCUT2D eigenvalue weighted by atomic mass is 16.6. The van der Waals surface area contributed by atoms with Gasteiger partial charge < -0.3 is 25.3 Å². The van der Waals surface area contributed by atoms with Crippen LogP contribution in [-0.2, 0) is 33.1 Å². The second-order valence-electron chi connectivity index (χ2n) is 7.91. The van der Waals surface area contributed by atoms with Gasteiger partial charge in [0.2, 0.25) is 0 Å². The third kappa shape index (κ3) is 2.68. The molecule has 0 fully saturated rings. The predicted molar refractivity (Wildman–Crippen MR) is 116 cm³/mol. The van der Waals surface area contributed by atoms with Gasteiger partial charge in [-0.25, -0.2) is 14.6 Å². The lowest BCUT2D eigenvalue weighted by Gasteiger charge is -2.31. The van der Waals surface area contributed by atoms with E-state index in [2.05, 4.69) is 0 Å². The Hall–Kier alpha value is -3.98. The molecule has 2 aromatic heterocycles. The van der Waals surface area contributed by atoms with Gasteiger partial charge >= 0.3 is 11.9 Å². The van der Waals surface area contributed by atoms with E-state index in [0.717, 1.165) is 11.6 Å². The molecule has 2 aliphatic heterocycles. The molecule has 4 heterocycles. The van der Waals surface area contributed by atoms with Crippen LogP contribution in [0.25, 0.3) is 28.4 Å². The molecule has 9 nitrogen and oxygen atoms in total. The van der Waals surface area contributed by atoms with Crippen LogP contribution in [0.3, 0.4) is 0 Å². The number of benzene rings is 1. The molecule has 0 saturated heterocycles. The number of rotatable bonds is 3. The first-order chi connectivity index (χ1) is 15.2. The number of pyridine rings is 2. The van der Waals surface area contributed by atoms with E-state index in [1.807, 2.05) is 6.07 Å². The molecule has 1 atom stereocenters. The van der Waals surface area contributed by atoms with Gasteiger partial charge in [0.25, 0.3) is 5.56 Å². The van der Waals surface area contributed by atoms with E-state index in [1.54, 1.807) is 29.7 Å². The summed E-state index contributed by atoms with van der Waals surface area (Å²) in [6.07, 6.45) is 2.50. The first kappa shape index (κ1) is 20.0. The predicted octanol–water partition coefficient (Wildman–Crippen LogP) is 1.76. The van der Waals surface area contributed by atoms with Gasteiger partial charge in [0, 0.05) is 33.8 Å². The SMILES string of the molecule is CC[C@@]1(O)C(=O)OCc2c1cc1n(c2=O)Cc2cc3c(/C=C/C(=O)O)c(N)ccc3nc2-1. The molecule has 162 valence electrons. The van der Waals surface area contributed by atoms with Gasteiger partial charge in [-0.2, -0.15) is 0 Å². The maximum absolute atomic E-state index is 13.2. The number of ether oxygens (including phenoxy) is 1. The Kier molecular flexibility index (Phi) is 4.22. The number of carbonyl (C=O) groups is 2. The van der Waals surface area contributed by atoms with Crippen LogP contribution in [0.2, 0.25) is 0 Å². The quantitative estimate of drug-likeness (QED) is 0.252. The highest BCUT2D eigenvalue weighted by Crippen LogP contribution is 2.39. The molecule has 0 amide bonds. The maximum atomic E-state index is 13.2. The first-order valence-corrected chi connectivity index (χ1v) is 10.0. The number of fused-ring (bicyclic) bond motifs is 5. The molecule has 9 heteroatoms. The third-order valence-corrected chi connectivity index (χ3v) is 6.16. The number of carboxylic acid groups (broad SMARTS) is 1. The lowest BCUT2D eigenvalue weighted by Crippen LogP contribution is -2.44. The van der Waals surface area contributed by atoms with Crippen molar-refractivity contribution < 1.29 is 24.5 Å². The number of cyclic esters (lactones) is 1. The van der Waals surface area contributed by atoms with E-state index in [-0.39, 0.29) is 36.3 Å². The van der Waals surface area contributed by atoms with Crippen molar-refractivity contribution in [2.75, 3.05) is 5.73 Å². The summed E-state index contributed by atoms with van der Waals surface area (Å²) < 4.78 is 6.62. The minimum atomic E-state index is -1.88. The van der Waals surface area contributed by atoms with E-state index < -0.39 is 17.5 Å². The van der Waals surface area contributed by atoms with Crippen molar-refractivity contribution in [2.45, 2.75) is 32.1 Å². The Bertz CT molecular complexity index is 1440. The van der Waals surface area contributed by atoms with Crippen LogP contribution < -0.4 is 11.3 Å². The zero-order valence-electron chi connectivity index (χ0n) is 17.1. The standard InChI is InChI=1S/C23H19N3O6/c1-2-23(31)15-8-18-20-11(9-26(18)21(29)14(15)10-32-22(23)30)7-13-12(3-6-19(27)28)16(24)4-5-17(13)25-20/h3-8,31H,2,9-10,24H2,1H3,(H,27,28)/b6-3+/t23-/m0/s1. The Morgan fingerprint density at radius 2 is 2.12 bits per heavy atom. The van der Waals surface area contributed by atoms with Crippen LogP contribution in [0.4, 0.5) is 5.69 Å². The van der Waals surface area contributed by atoms with Gasteiger partial charge in [-0.3, -0.25) is 4.79 Å². The summed E-state index contributed by atoms with van der Waals surface area (Å²) in [4.78, 5) is 41.2. The lowest BCUT2D eigenvalue weighted by molar-refractivity contribution is -0.172. The van der Waals surface area contributed by atoms with E-state index in [0.29, 0.717) is 33.5 Å². The average molecular weight is 433 g/mol. The summed E-state index contributed by atoms with van der Waals surface area (Å²) in [5.74, 6) is -1.87. The molecule has 32 heavy (non-hydrogen) atoms. The molecule has 0 bridgehead atoms. The number of esters is 1. The monoisotopic (exact) mass is 433 g/mol. The Morgan fingerprint density at radius 1 is 1.34 bits per heavy atom. The summed E-state index contributed by atoms with van der Waals surface area (Å²) in [6.45, 7) is 1.70. The molecular weight excluding hydrogens is 414 g/mol. The van der Waals surface area contributed by atoms with Crippen molar-refractivity contribution in [3.05, 3.63) is 62.9 Å². The van der Waals surface area contributed by atoms with Crippen molar-refractivity contribution in [2.24, 2.45) is 0 Å². The fraction of sp³-hybridized carbons (Fsp3) is 0.217. The summed E-state index contributed by atoms with van der Waals surface area (Å²) >= 11 is 0. The Labute approximate surface area is 181 Å². The summed E-state index contributed by atoms with van der Waals surface area (Å²) in [6, 6.07) is 6.86. The normalized spacial score (nSPS) is 19.0. The van der Waals surface area contributed by atoms with Gasteiger partial charge in [-0.1, -0.05) is 6.92 Å². The van der Waals surface area contributed by atoms with E-state index in [4.69, 9.17) is 20.6 Å². The van der Waals surface area contributed by atoms with Crippen molar-refractivity contribution in [1.82, 2.24) is 9.55 Å². The number of hydrogen-bond donors (Lipinski definition) is 3. The summed E-state index contributed by atoms with van der Waals surface area (Å²) in [5, 5.41) is 20.6. The zero-order chi connectivity index (χ0) is 22.8. The lowest BCUT2D eigenvalue weighted by atomic mass is 9.86. The smallest absolute Gasteiger partial charge is 0.343 e. The highest BCUT2D eigenvalue weighted by molar-refractivity contribution is 5.98. The maximum Gasteiger partial charge on any atom is 0.343 e. The largest absolute Gasteiger partial charge is 0.478 e. The number of aliphatic carboxylic acids is 1. The third-order valence-electron chi connectivity index (χ3n) is 6.16. The van der Waals surface area contributed by atoms with E-state index in [1.165, 1.54) is 6.08 Å². The number of nitrogen functional groups attached to an aromatic ring is 1. The summed E-state index contributed by atoms with van der Waals surface area (Å²) in [5.41, 5.74) is 7.68. The summed E-state index contributed by atoms with van der Waals surface area (Å²) in [7, 11) is 0. The van der Waals surface area contributed by atoms with Crippen molar-refractivity contribution in [1.29, 1.82) is 0 Å². The minimum Gasteiger partial charge on any atom is -0.478 e. The fourth-order valence-corrected chi connectivity index (χ4v) is 4.43. The molecule has 0 aliphatic carbocycles. The number of nitrogens with zero attached hydrogens (tertiary/aromatic N) is 2. The van der Waals surface area contributed by atoms with Crippen LogP contribution >= 0.6 is 0 Å². The first-order valence-electron chi connectivity index (χ1n) is 10.0. The van der Waals surface area contributed by atoms with Crippen LogP contribution in [0.15, 0.2) is 35.1 Å². The van der Waals surface area contributed by atoms with Crippen LogP contribution in [0.5, 0.6) is 0 Å². The minimum absolute atomic E-state index is 0.0677. The topological polar surface area (TPSA) is 145 Å². The molecular formula is C23H19N3O6. The number of carboxylic acids is 1. The van der Waals surface area contributed by atoms with Gasteiger partial charge in [0.1, 0.15) is 6.61 Å². The molecule has 0 saturated carbocycles. The highest BCUT2D eigenvalue weighted by Gasteiger charge is 2.45. The van der Waals surface area contributed by atoms with E-state index >= 15 is 0 Å². The fourth-order valence-electron chi connectivity index (χ4n) is 4.43. The molecule has 2 aliphatic rings. The van der Waals surface area contributed by atoms with Gasteiger partial charge in [-0.05, 0) is 36.8 Å². The van der Waals surface area contributed by atoms with Crippen LogP contribution in [0.1, 0.15) is 35.6 Å². The zero-order valence-corrected chi connectivity index (χ0v) is 17.1. The number of carbonyl (C=O) groups excluding carboxylic acids is 1. The molecule has 0 radical (unpaired) electrons. The Balaban J connectivity index is 1.75. The second kappa shape index (κ2) is 6.76. The van der Waals surface area contributed by atoms with E-state index in [9.17, 15) is 19.5 Å². The number of hydrogen-bond acceptors (Lipinski definition) is 7. The number of aliphatic hydroxyl groups is 1. The van der Waals surface area contributed by atoms with Gasteiger partial charge in [-0.15, -0.1) is 0 Å². The van der Waals surface area contributed by atoms with Gasteiger partial charge in [0.05, 0.1) is 29.0 Å². The molecule has 5 rings (SSSR count). The Morgan fingerprint density at radius 3 is 2.84 bits per heavy atom. The average Bonchev–Trinajstić information content (AvgIpc) is 3.12. The van der Waals surface area contributed by atoms with Crippen molar-refractivity contribution in [3.8, 4) is 11.4 Å². The van der Waals surface area contributed by atoms with Crippen LogP contribution in [0, 0.1) is 0 Å². The van der Waals surface area contributed by atoms with Crippen molar-refractivity contribution >= 4 is 34.6 Å². The molecule has 0 unspecified atom stereocenters. The number of nitrogens with two attached hydrogens (primary N) is 1. The number of aromatic nitrogens is 2. The van der Waals surface area contributed by atoms with Crippen LogP contribution in [-0.4, -0.2) is 31.7 Å². The second-order valence-corrected chi connectivity index (χ2v) is 7.91. The van der Waals surface area contributed by atoms with Gasteiger partial charge in [0.15, 0.2) is 5.60 Å². The molecule has 1 aromatic carbocycles.